The molecule has 4 fully saturated rings. The summed E-state index contributed by atoms with van der Waals surface area (Å²) in [4.78, 5) is 44.5. The van der Waals surface area contributed by atoms with Crippen LogP contribution in [0.1, 0.15) is 118 Å². The van der Waals surface area contributed by atoms with Gasteiger partial charge in [0.25, 0.3) is 15.9 Å². The van der Waals surface area contributed by atoms with Crippen molar-refractivity contribution in [2.24, 2.45) is 11.3 Å². The van der Waals surface area contributed by atoms with Gasteiger partial charge in [0.2, 0.25) is 11.7 Å². The minimum absolute atomic E-state index is 0.00379. The van der Waals surface area contributed by atoms with Gasteiger partial charge in [-0.3, -0.25) is 19.8 Å². The molecule has 1 atom stereocenters. The fraction of sp³-hybridized carbons (Fsp3) is 0.490. The number of aromatic amines is 1. The standard InChI is InChI=1S/C49H59N9O6S/c1-32(2)38-11-6-7-12-39(38)41-13-8-20-56(41)36-28-49(29-36)17-21-55(22-18-49)35-14-15-40(42(26-35)57-23-24-64-48-44(57)25-34-16-19-50-45(34)53-48)47(59)54-65(62,63)37-27-43(58(60)61)46(52-31-37)51-30-33-9-4-3-5-10-33/h6-7,11-12,14-16,19,25-27,31-33,36,41H,3-5,8-10,13,17-18,20-24,28-30H2,1-2H3,(H,50,53)(H,51,52)(H,54,59)/t41-/m0/s1. The number of nitrogens with zero attached hydrogens (tertiary/aromatic N) is 6. The number of carbonyl (C=O) groups excluding carboxylic acids is 1. The van der Waals surface area contributed by atoms with Crippen molar-refractivity contribution >= 4 is 55.5 Å². The Morgan fingerprint density at radius 1 is 0.969 bits per heavy atom. The Bertz CT molecular complexity index is 2700. The number of nitro groups is 1. The van der Waals surface area contributed by atoms with E-state index in [0.717, 1.165) is 81.5 Å². The lowest BCUT2D eigenvalue weighted by atomic mass is 9.59. The van der Waals surface area contributed by atoms with Crippen molar-refractivity contribution in [1.29, 1.82) is 0 Å². The molecule has 10 rings (SSSR count). The van der Waals surface area contributed by atoms with Gasteiger partial charge >= 0.3 is 5.69 Å². The van der Waals surface area contributed by atoms with Gasteiger partial charge in [0.1, 0.15) is 22.8 Å². The highest BCUT2D eigenvalue weighted by atomic mass is 32.2. The summed E-state index contributed by atoms with van der Waals surface area (Å²) in [5.41, 5.74) is 5.72. The van der Waals surface area contributed by atoms with E-state index in [0.29, 0.717) is 71.9 Å². The summed E-state index contributed by atoms with van der Waals surface area (Å²) in [7, 11) is -4.59. The Morgan fingerprint density at radius 3 is 2.55 bits per heavy atom. The summed E-state index contributed by atoms with van der Waals surface area (Å²) in [5, 5.41) is 16.1. The Hall–Kier alpha value is -5.74. The van der Waals surface area contributed by atoms with Crippen molar-refractivity contribution in [3.8, 4) is 5.88 Å². The van der Waals surface area contributed by atoms with Crippen molar-refractivity contribution in [2.45, 2.75) is 107 Å². The Balaban J connectivity index is 0.885. The van der Waals surface area contributed by atoms with Crippen molar-refractivity contribution < 1.29 is 22.9 Å². The smallest absolute Gasteiger partial charge is 0.312 e. The van der Waals surface area contributed by atoms with E-state index >= 15 is 0 Å². The molecule has 5 aromatic rings. The van der Waals surface area contributed by atoms with Crippen LogP contribution in [0.3, 0.4) is 0 Å². The molecule has 1 spiro atoms. The van der Waals surface area contributed by atoms with E-state index in [-0.39, 0.29) is 11.4 Å². The van der Waals surface area contributed by atoms with E-state index in [9.17, 15) is 23.3 Å². The lowest BCUT2D eigenvalue weighted by Gasteiger charge is -2.56. The average Bonchev–Trinajstić information content (AvgIpc) is 3.99. The number of benzene rings is 2. The van der Waals surface area contributed by atoms with Crippen LogP contribution < -0.4 is 24.6 Å². The van der Waals surface area contributed by atoms with Crippen molar-refractivity contribution in [3.63, 3.8) is 0 Å². The van der Waals surface area contributed by atoms with Crippen LogP contribution in [0.25, 0.3) is 11.0 Å². The first kappa shape index (κ1) is 43.2. The van der Waals surface area contributed by atoms with Crippen LogP contribution in [-0.4, -0.2) is 84.5 Å². The first-order valence-electron chi connectivity index (χ1n) is 23.5. The highest BCUT2D eigenvalue weighted by Gasteiger charge is 2.50. The molecule has 2 aliphatic carbocycles. The minimum atomic E-state index is -4.59. The number of amides is 1. The first-order valence-corrected chi connectivity index (χ1v) is 25.0. The van der Waals surface area contributed by atoms with Gasteiger partial charge < -0.3 is 24.8 Å². The average molecular weight is 902 g/mol. The van der Waals surface area contributed by atoms with Gasteiger partial charge in [-0.25, -0.2) is 18.1 Å². The van der Waals surface area contributed by atoms with Gasteiger partial charge in [-0.15, -0.1) is 0 Å². The number of H-pyrrole nitrogens is 1. The molecule has 1 amide bonds. The molecule has 3 aromatic heterocycles. The molecule has 6 heterocycles. The number of piperidine rings is 1. The molecule has 2 aromatic carbocycles. The molecular formula is C49H59N9O6S. The topological polar surface area (TPSA) is 179 Å². The van der Waals surface area contributed by atoms with E-state index in [1.165, 1.54) is 43.2 Å². The maximum absolute atomic E-state index is 14.3. The molecule has 0 bridgehead atoms. The number of aromatic nitrogens is 3. The number of rotatable bonds is 12. The number of hydrogen-bond donors (Lipinski definition) is 3. The number of nitrogens with one attached hydrogen (secondary N) is 3. The van der Waals surface area contributed by atoms with Crippen molar-refractivity contribution in [3.05, 3.63) is 99.9 Å². The number of fused-ring (bicyclic) bond motifs is 2. The third-order valence-corrected chi connectivity index (χ3v) is 16.3. The SMILES string of the molecule is CC(C)c1ccccc1[C@@H]1CCCN1C1CC2(CCN(c3ccc(C(=O)NS(=O)(=O)c4cnc(NCC5CCCCC5)c([N+](=O)[O-])c4)c(N4CCOc5nc6[nH]ccc6cc54)c3)CC2)C1. The van der Waals surface area contributed by atoms with E-state index < -0.39 is 31.4 Å². The van der Waals surface area contributed by atoms with E-state index in [1.54, 1.807) is 12.3 Å². The number of sulfonamides is 1. The molecule has 342 valence electrons. The lowest BCUT2D eigenvalue weighted by Crippen LogP contribution is -2.55. The minimum Gasteiger partial charge on any atom is -0.474 e. The van der Waals surface area contributed by atoms with Crippen LogP contribution >= 0.6 is 0 Å². The van der Waals surface area contributed by atoms with E-state index in [4.69, 9.17) is 9.72 Å². The molecule has 65 heavy (non-hydrogen) atoms. The van der Waals surface area contributed by atoms with Crippen LogP contribution in [0.4, 0.5) is 28.6 Å². The molecule has 3 N–H and O–H groups in total. The van der Waals surface area contributed by atoms with Gasteiger partial charge in [-0.1, -0.05) is 57.4 Å². The molecule has 15 nitrogen and oxygen atoms in total. The zero-order valence-electron chi connectivity index (χ0n) is 37.3. The highest BCUT2D eigenvalue weighted by Crippen LogP contribution is 2.54. The maximum Gasteiger partial charge on any atom is 0.312 e. The molecular weight excluding hydrogens is 843 g/mol. The Labute approximate surface area is 380 Å². The second kappa shape index (κ2) is 17.6. The summed E-state index contributed by atoms with van der Waals surface area (Å²) >= 11 is 0. The fourth-order valence-electron chi connectivity index (χ4n) is 11.4. The van der Waals surface area contributed by atoms with E-state index in [2.05, 4.69) is 67.9 Å². The number of likely N-dealkylation sites (tertiary alicyclic amines) is 1. The maximum atomic E-state index is 14.3. The van der Waals surface area contributed by atoms with Crippen LogP contribution in [0.5, 0.6) is 5.88 Å². The van der Waals surface area contributed by atoms with Crippen molar-refractivity contribution in [1.82, 2.24) is 24.6 Å². The summed E-state index contributed by atoms with van der Waals surface area (Å²) in [5.74, 6) is 0.400. The van der Waals surface area contributed by atoms with E-state index in [1.807, 2.05) is 29.2 Å². The largest absolute Gasteiger partial charge is 0.474 e. The Morgan fingerprint density at radius 2 is 1.77 bits per heavy atom. The molecule has 5 aliphatic rings. The van der Waals surface area contributed by atoms with Gasteiger partial charge in [0.15, 0.2) is 0 Å². The molecule has 3 aliphatic heterocycles. The van der Waals surface area contributed by atoms with Gasteiger partial charge in [0, 0.05) is 55.1 Å². The van der Waals surface area contributed by atoms with Gasteiger partial charge in [-0.05, 0) is 117 Å². The van der Waals surface area contributed by atoms with Crippen LogP contribution in [-0.2, 0) is 10.0 Å². The number of ether oxygens (including phenoxy) is 1. The van der Waals surface area contributed by atoms with Crippen LogP contribution in [0, 0.1) is 21.4 Å². The number of carbonyl (C=O) groups is 1. The summed E-state index contributed by atoms with van der Waals surface area (Å²) in [6.07, 6.45) is 15.4. The number of anilines is 4. The van der Waals surface area contributed by atoms with Crippen LogP contribution in [0.2, 0.25) is 0 Å². The summed E-state index contributed by atoms with van der Waals surface area (Å²) < 4.78 is 36.0. The first-order chi connectivity index (χ1) is 31.4. The summed E-state index contributed by atoms with van der Waals surface area (Å²) in [6, 6.07) is 20.5. The second-order valence-electron chi connectivity index (χ2n) is 19.3. The monoisotopic (exact) mass is 901 g/mol. The van der Waals surface area contributed by atoms with Crippen LogP contribution in [0.15, 0.2) is 78.0 Å². The number of hydrogen-bond acceptors (Lipinski definition) is 12. The molecule has 2 saturated heterocycles. The normalized spacial score (nSPS) is 20.4. The lowest BCUT2D eigenvalue weighted by molar-refractivity contribution is -0.384. The molecule has 0 unspecified atom stereocenters. The summed E-state index contributed by atoms with van der Waals surface area (Å²) in [6.45, 7) is 8.68. The zero-order valence-corrected chi connectivity index (χ0v) is 38.1. The van der Waals surface area contributed by atoms with Crippen molar-refractivity contribution in [2.75, 3.05) is 54.4 Å². The molecule has 2 saturated carbocycles. The highest BCUT2D eigenvalue weighted by molar-refractivity contribution is 7.90. The molecule has 16 heteroatoms. The van der Waals surface area contributed by atoms with Gasteiger partial charge in [-0.2, -0.15) is 4.98 Å². The molecule has 0 radical (unpaired) electrons. The third kappa shape index (κ3) is 8.50. The second-order valence-corrected chi connectivity index (χ2v) is 21.0. The van der Waals surface area contributed by atoms with Gasteiger partial charge in [0.05, 0.1) is 28.9 Å². The predicted octanol–water partition coefficient (Wildman–Crippen LogP) is 9.22. The predicted molar refractivity (Wildman–Crippen MR) is 252 cm³/mol. The quantitative estimate of drug-likeness (QED) is 0.0800. The third-order valence-electron chi connectivity index (χ3n) is 15.0. The Kier molecular flexibility index (Phi) is 11.7. The number of pyridine rings is 2. The fourth-order valence-corrected chi connectivity index (χ4v) is 12.4. The zero-order chi connectivity index (χ0) is 44.9.